The second-order valence-electron chi connectivity index (χ2n) is 6.58. The number of halogens is 1. The predicted molar refractivity (Wildman–Crippen MR) is 101 cm³/mol. The first-order chi connectivity index (χ1) is 10.2. The zero-order chi connectivity index (χ0) is 15.1. The molecule has 0 radical (unpaired) electrons. The summed E-state index contributed by atoms with van der Waals surface area (Å²) in [5.41, 5.74) is 0.402. The van der Waals surface area contributed by atoms with Crippen molar-refractivity contribution in [1.29, 1.82) is 0 Å². The van der Waals surface area contributed by atoms with Gasteiger partial charge in [-0.1, -0.05) is 19.8 Å². The number of guanidine groups is 1. The van der Waals surface area contributed by atoms with Gasteiger partial charge in [-0.3, -0.25) is 4.99 Å². The summed E-state index contributed by atoms with van der Waals surface area (Å²) < 4.78 is 10.9. The highest BCUT2D eigenvalue weighted by atomic mass is 127. The van der Waals surface area contributed by atoms with Crippen LogP contribution >= 0.6 is 24.0 Å². The highest BCUT2D eigenvalue weighted by Crippen LogP contribution is 2.37. The molecule has 1 aliphatic carbocycles. The molecule has 0 amide bonds. The first kappa shape index (κ1) is 20.0. The maximum Gasteiger partial charge on any atom is 0.194 e. The van der Waals surface area contributed by atoms with Gasteiger partial charge in [0, 0.05) is 33.3 Å². The second kappa shape index (κ2) is 9.93. The van der Waals surface area contributed by atoms with E-state index in [1.807, 2.05) is 0 Å². The molecule has 1 atom stereocenters. The van der Waals surface area contributed by atoms with Crippen LogP contribution in [0.2, 0.25) is 0 Å². The number of aliphatic imine (C=N–C) groups is 1. The maximum atomic E-state index is 5.73. The lowest BCUT2D eigenvalue weighted by Gasteiger charge is -2.35. The van der Waals surface area contributed by atoms with E-state index in [0.717, 1.165) is 38.7 Å². The molecular weight excluding hydrogens is 393 g/mol. The van der Waals surface area contributed by atoms with E-state index in [1.165, 1.54) is 25.7 Å². The molecule has 1 unspecified atom stereocenters. The van der Waals surface area contributed by atoms with E-state index < -0.39 is 0 Å². The zero-order valence-electron chi connectivity index (χ0n) is 14.3. The summed E-state index contributed by atoms with van der Waals surface area (Å²) in [5, 5.41) is 3.44. The molecule has 0 spiro atoms. The van der Waals surface area contributed by atoms with Crippen molar-refractivity contribution in [3.8, 4) is 0 Å². The normalized spacial score (nSPS) is 25.0. The number of methoxy groups -OCH3 is 1. The van der Waals surface area contributed by atoms with Crippen molar-refractivity contribution in [3.63, 3.8) is 0 Å². The van der Waals surface area contributed by atoms with Crippen LogP contribution in [-0.4, -0.2) is 63.5 Å². The maximum absolute atomic E-state index is 5.73. The topological polar surface area (TPSA) is 46.1 Å². The molecule has 0 bridgehead atoms. The van der Waals surface area contributed by atoms with E-state index in [-0.39, 0.29) is 30.1 Å². The van der Waals surface area contributed by atoms with Crippen molar-refractivity contribution in [3.05, 3.63) is 0 Å². The van der Waals surface area contributed by atoms with Crippen molar-refractivity contribution in [1.82, 2.24) is 10.2 Å². The molecule has 1 aliphatic heterocycles. The summed E-state index contributed by atoms with van der Waals surface area (Å²) in [6.07, 6.45) is 5.48. The third-order valence-corrected chi connectivity index (χ3v) is 4.55. The molecule has 2 rings (SSSR count). The summed E-state index contributed by atoms with van der Waals surface area (Å²) in [6, 6.07) is 0. The van der Waals surface area contributed by atoms with E-state index in [0.29, 0.717) is 12.0 Å². The quantitative estimate of drug-likeness (QED) is 0.418. The number of morpholine rings is 1. The molecule has 2 aliphatic rings. The lowest BCUT2D eigenvalue weighted by molar-refractivity contribution is -0.0447. The zero-order valence-corrected chi connectivity index (χ0v) is 16.6. The standard InChI is InChI=1S/C16H31N3O2.HI/c1-4-17-15(18-13-16(2)7-5-6-8-16)19-9-10-21-14(11-19)12-20-3;/h14H,4-13H2,1-3H3,(H,17,18);1H. The minimum atomic E-state index is 0. The van der Waals surface area contributed by atoms with E-state index in [9.17, 15) is 0 Å². The van der Waals surface area contributed by atoms with Crippen molar-refractivity contribution >= 4 is 29.9 Å². The SMILES string of the molecule is CCNC(=NCC1(C)CCCC1)N1CCOC(COC)C1.I. The minimum absolute atomic E-state index is 0. The lowest BCUT2D eigenvalue weighted by Crippen LogP contribution is -2.51. The Balaban J connectivity index is 0.00000242. The van der Waals surface area contributed by atoms with E-state index in [2.05, 4.69) is 24.1 Å². The third kappa shape index (κ3) is 5.85. The Morgan fingerprint density at radius 3 is 2.77 bits per heavy atom. The summed E-state index contributed by atoms with van der Waals surface area (Å²) in [4.78, 5) is 7.24. The fraction of sp³-hybridized carbons (Fsp3) is 0.938. The minimum Gasteiger partial charge on any atom is -0.382 e. The van der Waals surface area contributed by atoms with Crippen LogP contribution in [0.1, 0.15) is 39.5 Å². The average Bonchev–Trinajstić information content (AvgIpc) is 2.91. The van der Waals surface area contributed by atoms with Gasteiger partial charge in [0.15, 0.2) is 5.96 Å². The Bertz CT molecular complexity index is 344. The summed E-state index contributed by atoms with van der Waals surface area (Å²) in [5.74, 6) is 1.04. The molecule has 22 heavy (non-hydrogen) atoms. The molecule has 0 aromatic carbocycles. The molecule has 2 fully saturated rings. The Morgan fingerprint density at radius 2 is 2.14 bits per heavy atom. The lowest BCUT2D eigenvalue weighted by atomic mass is 9.89. The van der Waals surface area contributed by atoms with Gasteiger partial charge in [-0.05, 0) is 25.2 Å². The van der Waals surface area contributed by atoms with Crippen molar-refractivity contribution < 1.29 is 9.47 Å². The predicted octanol–water partition coefficient (Wildman–Crippen LogP) is 2.50. The van der Waals surface area contributed by atoms with Gasteiger partial charge in [0.25, 0.3) is 0 Å². The van der Waals surface area contributed by atoms with Crippen LogP contribution in [0.3, 0.4) is 0 Å². The van der Waals surface area contributed by atoms with Crippen molar-refractivity contribution in [2.24, 2.45) is 10.4 Å². The molecule has 1 heterocycles. The van der Waals surface area contributed by atoms with E-state index >= 15 is 0 Å². The first-order valence-electron chi connectivity index (χ1n) is 8.31. The molecule has 1 saturated carbocycles. The van der Waals surface area contributed by atoms with Gasteiger partial charge >= 0.3 is 0 Å². The Kier molecular flexibility index (Phi) is 9.01. The van der Waals surface area contributed by atoms with E-state index in [1.54, 1.807) is 7.11 Å². The van der Waals surface area contributed by atoms with Crippen LogP contribution in [0.5, 0.6) is 0 Å². The number of nitrogens with zero attached hydrogens (tertiary/aromatic N) is 2. The number of nitrogens with one attached hydrogen (secondary N) is 1. The number of hydrogen-bond acceptors (Lipinski definition) is 3. The highest BCUT2D eigenvalue weighted by molar-refractivity contribution is 14.0. The molecule has 6 heteroatoms. The molecule has 0 aromatic heterocycles. The Morgan fingerprint density at radius 1 is 1.41 bits per heavy atom. The van der Waals surface area contributed by atoms with Crippen LogP contribution in [0, 0.1) is 5.41 Å². The van der Waals surface area contributed by atoms with Crippen molar-refractivity contribution in [2.45, 2.75) is 45.6 Å². The van der Waals surface area contributed by atoms with Gasteiger partial charge in [0.1, 0.15) is 0 Å². The average molecular weight is 425 g/mol. The third-order valence-electron chi connectivity index (χ3n) is 4.55. The smallest absolute Gasteiger partial charge is 0.194 e. The molecule has 0 aromatic rings. The summed E-state index contributed by atoms with van der Waals surface area (Å²) in [7, 11) is 1.72. The molecule has 1 N–H and O–H groups in total. The molecular formula is C16H32IN3O2. The van der Waals surface area contributed by atoms with Gasteiger partial charge in [0.05, 0.1) is 19.3 Å². The van der Waals surface area contributed by atoms with Crippen molar-refractivity contribution in [2.75, 3.05) is 46.5 Å². The van der Waals surface area contributed by atoms with Crippen LogP contribution in [0.25, 0.3) is 0 Å². The molecule has 130 valence electrons. The van der Waals surface area contributed by atoms with Gasteiger partial charge in [0.2, 0.25) is 0 Å². The molecule has 5 nitrogen and oxygen atoms in total. The Hall–Kier alpha value is -0.0800. The second-order valence-corrected chi connectivity index (χ2v) is 6.58. The van der Waals surface area contributed by atoms with Crippen LogP contribution < -0.4 is 5.32 Å². The fourth-order valence-corrected chi connectivity index (χ4v) is 3.28. The fourth-order valence-electron chi connectivity index (χ4n) is 3.28. The summed E-state index contributed by atoms with van der Waals surface area (Å²) >= 11 is 0. The van der Waals surface area contributed by atoms with Crippen LogP contribution in [0.15, 0.2) is 4.99 Å². The molecule has 1 saturated heterocycles. The Labute approximate surface area is 152 Å². The monoisotopic (exact) mass is 425 g/mol. The van der Waals surface area contributed by atoms with Gasteiger partial charge in [-0.2, -0.15) is 0 Å². The van der Waals surface area contributed by atoms with Gasteiger partial charge in [-0.25, -0.2) is 0 Å². The summed E-state index contributed by atoms with van der Waals surface area (Å²) in [6.45, 7) is 9.49. The highest BCUT2D eigenvalue weighted by Gasteiger charge is 2.29. The van der Waals surface area contributed by atoms with E-state index in [4.69, 9.17) is 14.5 Å². The number of rotatable bonds is 5. The van der Waals surface area contributed by atoms with Crippen LogP contribution in [-0.2, 0) is 9.47 Å². The first-order valence-corrected chi connectivity index (χ1v) is 8.31. The van der Waals surface area contributed by atoms with Crippen LogP contribution in [0.4, 0.5) is 0 Å². The van der Waals surface area contributed by atoms with Gasteiger partial charge in [-0.15, -0.1) is 24.0 Å². The largest absolute Gasteiger partial charge is 0.382 e. The number of hydrogen-bond donors (Lipinski definition) is 1. The number of ether oxygens (including phenoxy) is 2. The van der Waals surface area contributed by atoms with Gasteiger partial charge < -0.3 is 19.7 Å².